The molecular weight excluding hydrogens is 364 g/mol. The molecule has 0 saturated carbocycles. The van der Waals surface area contributed by atoms with Crippen molar-refractivity contribution in [2.75, 3.05) is 41.0 Å². The molecule has 2 aromatic carbocycles. The molecule has 8 heteroatoms. The predicted molar refractivity (Wildman–Crippen MR) is 103 cm³/mol. The summed E-state index contributed by atoms with van der Waals surface area (Å²) in [6, 6.07) is 12.1. The Morgan fingerprint density at radius 3 is 2.00 bits per heavy atom. The second-order valence-corrected chi connectivity index (χ2v) is 5.59. The Kier molecular flexibility index (Phi) is 7.95. The van der Waals surface area contributed by atoms with E-state index < -0.39 is 5.91 Å². The molecule has 2 aromatic rings. The van der Waals surface area contributed by atoms with Gasteiger partial charge >= 0.3 is 0 Å². The number of benzene rings is 2. The van der Waals surface area contributed by atoms with Gasteiger partial charge in [-0.25, -0.2) is 0 Å². The van der Waals surface area contributed by atoms with Crippen LogP contribution in [0.2, 0.25) is 0 Å². The molecule has 0 fully saturated rings. The summed E-state index contributed by atoms with van der Waals surface area (Å²) in [5.41, 5.74) is 0.239. The molecule has 0 aliphatic heterocycles. The molecule has 2 N–H and O–H groups in total. The predicted octanol–water partition coefficient (Wildman–Crippen LogP) is 1.64. The van der Waals surface area contributed by atoms with Crippen molar-refractivity contribution in [2.24, 2.45) is 0 Å². The number of hydrogen-bond acceptors (Lipinski definition) is 6. The van der Waals surface area contributed by atoms with E-state index in [9.17, 15) is 9.59 Å². The molecule has 0 spiro atoms. The highest BCUT2D eigenvalue weighted by atomic mass is 16.5. The van der Waals surface area contributed by atoms with Gasteiger partial charge < -0.3 is 29.6 Å². The normalized spacial score (nSPS) is 9.96. The number of rotatable bonds is 10. The second kappa shape index (κ2) is 10.7. The van der Waals surface area contributed by atoms with Crippen molar-refractivity contribution < 1.29 is 28.5 Å². The van der Waals surface area contributed by atoms with Gasteiger partial charge in [0.05, 0.1) is 34.4 Å². The quantitative estimate of drug-likeness (QED) is 0.601. The number of nitrogens with one attached hydrogen (secondary N) is 2. The van der Waals surface area contributed by atoms with E-state index in [4.69, 9.17) is 18.9 Å². The van der Waals surface area contributed by atoms with Crippen molar-refractivity contribution in [3.63, 3.8) is 0 Å². The summed E-state index contributed by atoms with van der Waals surface area (Å²) in [5, 5.41) is 5.23. The highest BCUT2D eigenvalue weighted by Crippen LogP contribution is 2.27. The lowest BCUT2D eigenvalue weighted by Crippen LogP contribution is -2.38. The molecule has 0 unspecified atom stereocenters. The van der Waals surface area contributed by atoms with Gasteiger partial charge in [0.25, 0.3) is 5.91 Å². The van der Waals surface area contributed by atoms with Crippen LogP contribution in [-0.4, -0.2) is 52.8 Å². The SMILES string of the molecule is COc1ccc(OCCNC(=O)CNC(=O)c2c(OC)cccc2OC)cc1. The van der Waals surface area contributed by atoms with E-state index in [1.165, 1.54) is 14.2 Å². The fraction of sp³-hybridized carbons (Fsp3) is 0.300. The van der Waals surface area contributed by atoms with Crippen molar-refractivity contribution in [1.29, 1.82) is 0 Å². The Bertz CT molecular complexity index is 770. The van der Waals surface area contributed by atoms with E-state index in [-0.39, 0.29) is 18.0 Å². The third-order valence-corrected chi connectivity index (χ3v) is 3.82. The van der Waals surface area contributed by atoms with Gasteiger partial charge in [0.1, 0.15) is 35.2 Å². The lowest BCUT2D eigenvalue weighted by Gasteiger charge is -2.13. The molecular formula is C20H24N2O6. The molecule has 0 aliphatic rings. The maximum Gasteiger partial charge on any atom is 0.259 e. The Morgan fingerprint density at radius 2 is 1.43 bits per heavy atom. The molecule has 8 nitrogen and oxygen atoms in total. The average Bonchev–Trinajstić information content (AvgIpc) is 2.74. The van der Waals surface area contributed by atoms with Crippen molar-refractivity contribution >= 4 is 11.8 Å². The number of hydrogen-bond donors (Lipinski definition) is 2. The molecule has 0 aliphatic carbocycles. The lowest BCUT2D eigenvalue weighted by molar-refractivity contribution is -0.120. The van der Waals surface area contributed by atoms with Crippen LogP contribution >= 0.6 is 0 Å². The maximum atomic E-state index is 12.4. The Morgan fingerprint density at radius 1 is 0.821 bits per heavy atom. The smallest absolute Gasteiger partial charge is 0.259 e. The number of methoxy groups -OCH3 is 3. The van der Waals surface area contributed by atoms with Crippen molar-refractivity contribution in [2.45, 2.75) is 0 Å². The number of carbonyl (C=O) groups is 2. The zero-order valence-corrected chi connectivity index (χ0v) is 16.1. The molecule has 0 atom stereocenters. The van der Waals surface area contributed by atoms with E-state index in [2.05, 4.69) is 10.6 Å². The van der Waals surface area contributed by atoms with E-state index in [1.54, 1.807) is 49.6 Å². The summed E-state index contributed by atoms with van der Waals surface area (Å²) in [4.78, 5) is 24.3. The zero-order valence-electron chi connectivity index (χ0n) is 16.1. The van der Waals surface area contributed by atoms with Gasteiger partial charge in [-0.3, -0.25) is 9.59 Å². The van der Waals surface area contributed by atoms with Crippen LogP contribution in [0.5, 0.6) is 23.0 Å². The van der Waals surface area contributed by atoms with Gasteiger partial charge in [0, 0.05) is 0 Å². The van der Waals surface area contributed by atoms with Gasteiger partial charge in [0.15, 0.2) is 0 Å². The topological polar surface area (TPSA) is 95.1 Å². The molecule has 2 rings (SSSR count). The van der Waals surface area contributed by atoms with Gasteiger partial charge in [-0.2, -0.15) is 0 Å². The minimum Gasteiger partial charge on any atom is -0.497 e. The first kappa shape index (κ1) is 20.9. The van der Waals surface area contributed by atoms with Gasteiger partial charge in [-0.1, -0.05) is 6.07 Å². The molecule has 0 bridgehead atoms. The Balaban J connectivity index is 1.75. The molecule has 150 valence electrons. The molecule has 0 heterocycles. The van der Waals surface area contributed by atoms with Gasteiger partial charge in [-0.15, -0.1) is 0 Å². The highest BCUT2D eigenvalue weighted by Gasteiger charge is 2.18. The Labute approximate surface area is 163 Å². The maximum absolute atomic E-state index is 12.4. The second-order valence-electron chi connectivity index (χ2n) is 5.59. The van der Waals surface area contributed by atoms with Crippen LogP contribution in [0.15, 0.2) is 42.5 Å². The molecule has 0 saturated heterocycles. The highest BCUT2D eigenvalue weighted by molar-refractivity contribution is 6.01. The molecule has 28 heavy (non-hydrogen) atoms. The molecule has 2 amide bonds. The van der Waals surface area contributed by atoms with Crippen LogP contribution in [0.3, 0.4) is 0 Å². The third-order valence-electron chi connectivity index (χ3n) is 3.82. The van der Waals surface area contributed by atoms with Crippen LogP contribution < -0.4 is 29.6 Å². The lowest BCUT2D eigenvalue weighted by atomic mass is 10.1. The first-order valence-corrected chi connectivity index (χ1v) is 8.61. The minimum atomic E-state index is -0.459. The average molecular weight is 388 g/mol. The van der Waals surface area contributed by atoms with Crippen LogP contribution in [0.25, 0.3) is 0 Å². The van der Waals surface area contributed by atoms with Crippen LogP contribution in [0.4, 0.5) is 0 Å². The monoisotopic (exact) mass is 388 g/mol. The number of carbonyl (C=O) groups excluding carboxylic acids is 2. The van der Waals surface area contributed by atoms with Crippen molar-refractivity contribution in [3.8, 4) is 23.0 Å². The molecule has 0 aromatic heterocycles. The summed E-state index contributed by atoms with van der Waals surface area (Å²) in [5.74, 6) is 1.35. The zero-order chi connectivity index (χ0) is 20.4. The summed E-state index contributed by atoms with van der Waals surface area (Å²) in [6.45, 7) is 0.424. The van der Waals surface area contributed by atoms with Crippen molar-refractivity contribution in [3.05, 3.63) is 48.0 Å². The number of ether oxygens (including phenoxy) is 4. The van der Waals surface area contributed by atoms with Gasteiger partial charge in [0.2, 0.25) is 5.91 Å². The first-order valence-electron chi connectivity index (χ1n) is 8.61. The molecule has 0 radical (unpaired) electrons. The largest absolute Gasteiger partial charge is 0.497 e. The summed E-state index contributed by atoms with van der Waals surface area (Å²) >= 11 is 0. The number of amides is 2. The van der Waals surface area contributed by atoms with Crippen molar-refractivity contribution in [1.82, 2.24) is 10.6 Å². The standard InChI is InChI=1S/C20H24N2O6/c1-25-14-7-9-15(10-8-14)28-12-11-21-18(23)13-22-20(24)19-16(26-2)5-4-6-17(19)27-3/h4-10H,11-13H2,1-3H3,(H,21,23)(H,22,24). The van der Waals surface area contributed by atoms with Crippen LogP contribution in [-0.2, 0) is 4.79 Å². The third kappa shape index (κ3) is 5.80. The van der Waals surface area contributed by atoms with Gasteiger partial charge in [-0.05, 0) is 36.4 Å². The van der Waals surface area contributed by atoms with E-state index in [0.29, 0.717) is 30.4 Å². The van der Waals surface area contributed by atoms with E-state index in [0.717, 1.165) is 5.75 Å². The Hall–Kier alpha value is -3.42. The summed E-state index contributed by atoms with van der Waals surface area (Å²) < 4.78 is 21.0. The van der Waals surface area contributed by atoms with Crippen LogP contribution in [0, 0.1) is 0 Å². The van der Waals surface area contributed by atoms with E-state index >= 15 is 0 Å². The summed E-state index contributed by atoms with van der Waals surface area (Å²) in [6.07, 6.45) is 0. The van der Waals surface area contributed by atoms with E-state index in [1.807, 2.05) is 0 Å². The fourth-order valence-corrected chi connectivity index (χ4v) is 2.42. The summed E-state index contributed by atoms with van der Waals surface area (Å²) in [7, 11) is 4.51. The van der Waals surface area contributed by atoms with Crippen LogP contribution in [0.1, 0.15) is 10.4 Å². The first-order chi connectivity index (χ1) is 13.6. The minimum absolute atomic E-state index is 0.178. The fourth-order valence-electron chi connectivity index (χ4n) is 2.42.